The second-order valence-electron chi connectivity index (χ2n) is 6.81. The van der Waals surface area contributed by atoms with Crippen LogP contribution in [0.25, 0.3) is 0 Å². The summed E-state index contributed by atoms with van der Waals surface area (Å²) < 4.78 is 23.3. The summed E-state index contributed by atoms with van der Waals surface area (Å²) in [4.78, 5) is 0. The maximum absolute atomic E-state index is 5.85. The highest BCUT2D eigenvalue weighted by atomic mass is 16.6. The first-order valence-corrected chi connectivity index (χ1v) is 9.08. The Morgan fingerprint density at radius 3 is 1.44 bits per heavy atom. The third-order valence-electron chi connectivity index (χ3n) is 4.47. The zero-order valence-corrected chi connectivity index (χ0v) is 14.4. The Hall–Kier alpha value is -2.30. The Balaban J connectivity index is 1.31. The van der Waals surface area contributed by atoms with E-state index in [1.807, 2.05) is 48.5 Å². The fourth-order valence-electron chi connectivity index (χ4n) is 2.52. The molecule has 0 aromatic heterocycles. The number of hydrogen-bond donors (Lipinski definition) is 0. The highest BCUT2D eigenvalue weighted by Gasteiger charge is 2.23. The topological polar surface area (TPSA) is 36.9 Å². The van der Waals surface area contributed by atoms with Gasteiger partial charge in [-0.2, -0.15) is 0 Å². The first-order chi connectivity index (χ1) is 12.4. The lowest BCUT2D eigenvalue weighted by Gasteiger charge is -2.14. The van der Waals surface area contributed by atoms with Crippen molar-refractivity contribution in [3.8, 4) is 23.0 Å². The van der Waals surface area contributed by atoms with Crippen molar-refractivity contribution in [2.45, 2.75) is 25.7 Å². The van der Waals surface area contributed by atoms with Crippen LogP contribution in [0, 0.1) is 11.8 Å². The van der Waals surface area contributed by atoms with Crippen LogP contribution in [0.5, 0.6) is 23.0 Å². The standard InChI is InChI=1S/C20H23BO4/c1-3-7-19(17(5-1)22-13-15-9-10-15)24-21-25-20-8-4-2-6-18(20)23-14-16-11-12-16/h1-8,15-16,21H,9-14H2. The Morgan fingerprint density at radius 1 is 0.640 bits per heavy atom. The maximum atomic E-state index is 5.85. The van der Waals surface area contributed by atoms with E-state index in [0.717, 1.165) is 24.7 Å². The normalized spacial score (nSPS) is 16.2. The van der Waals surface area contributed by atoms with Gasteiger partial charge >= 0.3 is 7.69 Å². The molecule has 2 aromatic carbocycles. The second-order valence-corrected chi connectivity index (χ2v) is 6.81. The average Bonchev–Trinajstić information content (AvgIpc) is 3.55. The minimum Gasteiger partial charge on any atom is -0.526 e. The molecule has 2 aliphatic rings. The number of hydrogen-bond acceptors (Lipinski definition) is 4. The van der Waals surface area contributed by atoms with Gasteiger partial charge in [-0.1, -0.05) is 24.3 Å². The van der Waals surface area contributed by atoms with Crippen LogP contribution in [0.4, 0.5) is 0 Å². The molecule has 2 aromatic rings. The third-order valence-corrected chi connectivity index (χ3v) is 4.47. The van der Waals surface area contributed by atoms with E-state index in [0.29, 0.717) is 23.3 Å². The molecule has 130 valence electrons. The number of ether oxygens (including phenoxy) is 2. The monoisotopic (exact) mass is 338 g/mol. The van der Waals surface area contributed by atoms with Crippen molar-refractivity contribution in [1.29, 1.82) is 0 Å². The van der Waals surface area contributed by atoms with Crippen LogP contribution in [-0.2, 0) is 0 Å². The lowest BCUT2D eigenvalue weighted by Crippen LogP contribution is -2.13. The lowest BCUT2D eigenvalue weighted by atomic mass is 10.2. The van der Waals surface area contributed by atoms with Crippen molar-refractivity contribution in [1.82, 2.24) is 0 Å². The van der Waals surface area contributed by atoms with Gasteiger partial charge in [-0.3, -0.25) is 0 Å². The minimum absolute atomic E-state index is 0.119. The molecule has 5 heteroatoms. The molecule has 0 unspecified atom stereocenters. The molecule has 0 aliphatic heterocycles. The summed E-state index contributed by atoms with van der Waals surface area (Å²) in [6.07, 6.45) is 5.07. The summed E-state index contributed by atoms with van der Waals surface area (Å²) in [5, 5.41) is 0. The van der Waals surface area contributed by atoms with E-state index in [2.05, 4.69) is 0 Å². The van der Waals surface area contributed by atoms with Crippen molar-refractivity contribution >= 4 is 7.69 Å². The van der Waals surface area contributed by atoms with Crippen LogP contribution < -0.4 is 18.8 Å². The SMILES string of the molecule is B(Oc1ccccc1OCC1CC1)Oc1ccccc1OCC1CC1. The predicted molar refractivity (Wildman–Crippen MR) is 97.7 cm³/mol. The largest absolute Gasteiger partial charge is 0.576 e. The molecule has 2 saturated carbocycles. The van der Waals surface area contributed by atoms with E-state index in [-0.39, 0.29) is 7.69 Å². The number of para-hydroxylation sites is 4. The molecule has 0 atom stereocenters. The fraction of sp³-hybridized carbons (Fsp3) is 0.400. The Bertz CT molecular complexity index is 638. The molecule has 0 bridgehead atoms. The van der Waals surface area contributed by atoms with Crippen LogP contribution in [0.1, 0.15) is 25.7 Å². The van der Waals surface area contributed by atoms with Crippen molar-refractivity contribution in [3.05, 3.63) is 48.5 Å². The maximum Gasteiger partial charge on any atom is 0.576 e. The van der Waals surface area contributed by atoms with Crippen molar-refractivity contribution in [2.24, 2.45) is 11.8 Å². The smallest absolute Gasteiger partial charge is 0.526 e. The van der Waals surface area contributed by atoms with Gasteiger partial charge in [0.05, 0.1) is 13.2 Å². The molecule has 0 saturated heterocycles. The molecular weight excluding hydrogens is 315 g/mol. The zero-order valence-electron chi connectivity index (χ0n) is 14.4. The van der Waals surface area contributed by atoms with Crippen LogP contribution in [0.2, 0.25) is 0 Å². The van der Waals surface area contributed by atoms with Gasteiger partial charge in [0.25, 0.3) is 0 Å². The summed E-state index contributed by atoms with van der Waals surface area (Å²) in [6, 6.07) is 15.5. The summed E-state index contributed by atoms with van der Waals surface area (Å²) in [6.45, 7) is 1.53. The third kappa shape index (κ3) is 4.85. The fourth-order valence-corrected chi connectivity index (χ4v) is 2.52. The summed E-state index contributed by atoms with van der Waals surface area (Å²) in [5.74, 6) is 4.38. The van der Waals surface area contributed by atoms with E-state index >= 15 is 0 Å². The van der Waals surface area contributed by atoms with E-state index < -0.39 is 0 Å². The van der Waals surface area contributed by atoms with Gasteiger partial charge in [0, 0.05) is 0 Å². The summed E-state index contributed by atoms with van der Waals surface area (Å²) in [7, 11) is 0.119. The van der Waals surface area contributed by atoms with Crippen LogP contribution in [-0.4, -0.2) is 20.9 Å². The molecule has 0 amide bonds. The van der Waals surface area contributed by atoms with E-state index in [1.54, 1.807) is 0 Å². The molecular formula is C20H23BO4. The number of rotatable bonds is 10. The quantitative estimate of drug-likeness (QED) is 0.614. The molecule has 4 rings (SSSR count). The molecule has 0 spiro atoms. The van der Waals surface area contributed by atoms with Gasteiger partial charge < -0.3 is 18.8 Å². The highest BCUT2D eigenvalue weighted by molar-refractivity contribution is 6.21. The van der Waals surface area contributed by atoms with Crippen LogP contribution in [0.15, 0.2) is 48.5 Å². The first-order valence-electron chi connectivity index (χ1n) is 9.08. The van der Waals surface area contributed by atoms with Crippen LogP contribution >= 0.6 is 0 Å². The first kappa shape index (κ1) is 16.2. The Kier molecular flexibility index (Phi) is 5.00. The second kappa shape index (κ2) is 7.73. The zero-order chi connectivity index (χ0) is 16.9. The van der Waals surface area contributed by atoms with E-state index in [9.17, 15) is 0 Å². The molecule has 0 radical (unpaired) electrons. The minimum atomic E-state index is 0.119. The predicted octanol–water partition coefficient (Wildman–Crippen LogP) is 3.99. The van der Waals surface area contributed by atoms with Crippen molar-refractivity contribution in [3.63, 3.8) is 0 Å². The van der Waals surface area contributed by atoms with E-state index in [1.165, 1.54) is 25.7 Å². The van der Waals surface area contributed by atoms with Gasteiger partial charge in [-0.15, -0.1) is 0 Å². The highest BCUT2D eigenvalue weighted by Crippen LogP contribution is 2.34. The Morgan fingerprint density at radius 2 is 1.04 bits per heavy atom. The summed E-state index contributed by atoms with van der Waals surface area (Å²) >= 11 is 0. The van der Waals surface area contributed by atoms with Gasteiger partial charge in [0.15, 0.2) is 11.5 Å². The van der Waals surface area contributed by atoms with Crippen molar-refractivity contribution in [2.75, 3.05) is 13.2 Å². The van der Waals surface area contributed by atoms with Gasteiger partial charge in [0.1, 0.15) is 11.5 Å². The Labute approximate surface area is 149 Å². The van der Waals surface area contributed by atoms with Gasteiger partial charge in [0.2, 0.25) is 0 Å². The van der Waals surface area contributed by atoms with Crippen LogP contribution in [0.3, 0.4) is 0 Å². The molecule has 0 heterocycles. The number of benzene rings is 2. The molecule has 2 aliphatic carbocycles. The van der Waals surface area contributed by atoms with E-state index in [4.69, 9.17) is 18.8 Å². The van der Waals surface area contributed by atoms with Crippen molar-refractivity contribution < 1.29 is 18.8 Å². The lowest BCUT2D eigenvalue weighted by molar-refractivity contribution is 0.284. The molecule has 4 nitrogen and oxygen atoms in total. The molecule has 0 N–H and O–H groups in total. The summed E-state index contributed by atoms with van der Waals surface area (Å²) in [5.41, 5.74) is 0. The average molecular weight is 338 g/mol. The molecule has 25 heavy (non-hydrogen) atoms. The van der Waals surface area contributed by atoms with Gasteiger partial charge in [-0.25, -0.2) is 0 Å². The van der Waals surface area contributed by atoms with Gasteiger partial charge in [-0.05, 0) is 61.8 Å². The molecule has 2 fully saturated rings.